The highest BCUT2D eigenvalue weighted by Crippen LogP contribution is 2.77. The van der Waals surface area contributed by atoms with Crippen LogP contribution in [0.4, 0.5) is 0 Å². The lowest BCUT2D eigenvalue weighted by Crippen LogP contribution is -2.66. The number of nitrogens with zero attached hydrogens (tertiary/aromatic N) is 2. The molecule has 1 aromatic rings. The summed E-state index contributed by atoms with van der Waals surface area (Å²) < 4.78 is 5.94. The zero-order valence-corrected chi connectivity index (χ0v) is 34.4. The van der Waals surface area contributed by atoms with Crippen LogP contribution in [0.25, 0.3) is 0 Å². The average molecular weight is 754 g/mol. The Morgan fingerprint density at radius 2 is 1.82 bits per heavy atom. The molecule has 8 heteroatoms. The van der Waals surface area contributed by atoms with Crippen LogP contribution in [0.1, 0.15) is 124 Å². The van der Waals surface area contributed by atoms with Gasteiger partial charge in [-0.25, -0.2) is 4.98 Å². The van der Waals surface area contributed by atoms with Crippen molar-refractivity contribution < 1.29 is 24.9 Å². The number of carboxylic acid groups (broad SMARTS) is 1. The molecule has 0 unspecified atom stereocenters. The molecule has 0 bridgehead atoms. The van der Waals surface area contributed by atoms with Crippen molar-refractivity contribution in [1.29, 1.82) is 5.26 Å². The fourth-order valence-corrected chi connectivity index (χ4v) is 14.6. The summed E-state index contributed by atoms with van der Waals surface area (Å²) in [4.78, 5) is 17.0. The number of nitrogens with one attached hydrogen (secondary N) is 1. The van der Waals surface area contributed by atoms with E-state index in [9.17, 15) is 25.4 Å². The van der Waals surface area contributed by atoms with Crippen LogP contribution in [0.2, 0.25) is 0 Å². The van der Waals surface area contributed by atoms with Gasteiger partial charge in [0.05, 0.1) is 12.7 Å². The number of aliphatic carboxylic acids is 1. The first kappa shape index (κ1) is 40.2. The van der Waals surface area contributed by atoms with Gasteiger partial charge in [0.25, 0.3) is 0 Å². The van der Waals surface area contributed by atoms with Crippen LogP contribution in [0.15, 0.2) is 53.8 Å². The van der Waals surface area contributed by atoms with Crippen molar-refractivity contribution in [3.8, 4) is 11.9 Å². The number of hydrogen-bond acceptors (Lipinski definition) is 7. The summed E-state index contributed by atoms with van der Waals surface area (Å²) in [6.07, 6.45) is 18.1. The van der Waals surface area contributed by atoms with Gasteiger partial charge in [0.2, 0.25) is 5.88 Å². The van der Waals surface area contributed by atoms with E-state index < -0.39 is 17.5 Å². The summed E-state index contributed by atoms with van der Waals surface area (Å²) >= 11 is 0. The summed E-state index contributed by atoms with van der Waals surface area (Å²) in [6, 6.07) is 5.42. The monoisotopic (exact) mass is 754 g/mol. The minimum atomic E-state index is -1.06. The maximum Gasteiger partial charge on any atom is 0.313 e. The van der Waals surface area contributed by atoms with Crippen LogP contribution in [0.5, 0.6) is 5.88 Å². The largest absolute Gasteiger partial charge is 0.481 e. The van der Waals surface area contributed by atoms with E-state index in [0.29, 0.717) is 61.0 Å². The average Bonchev–Trinajstić information content (AvgIpc) is 3.54. The normalized spacial score (nSPS) is 40.9. The molecule has 0 saturated heterocycles. The smallest absolute Gasteiger partial charge is 0.313 e. The Balaban J connectivity index is 1.13. The highest BCUT2D eigenvalue weighted by atomic mass is 16.5. The number of aliphatic hydroxyl groups is 2. The van der Waals surface area contributed by atoms with Crippen LogP contribution < -0.4 is 10.1 Å². The first-order valence-corrected chi connectivity index (χ1v) is 21.3. The van der Waals surface area contributed by atoms with E-state index in [2.05, 4.69) is 76.6 Å². The van der Waals surface area contributed by atoms with Crippen molar-refractivity contribution in [3.05, 3.63) is 59.3 Å². The zero-order chi connectivity index (χ0) is 39.6. The number of aliphatic hydroxyl groups excluding tert-OH is 2. The molecule has 6 aliphatic rings. The Morgan fingerprint density at radius 3 is 2.49 bits per heavy atom. The lowest BCUT2D eigenvalue weighted by Gasteiger charge is -2.72. The summed E-state index contributed by atoms with van der Waals surface area (Å²) in [7, 11) is 0. The fraction of sp³-hybridized carbons (Fsp3) is 0.723. The van der Waals surface area contributed by atoms with Crippen molar-refractivity contribution >= 4 is 5.97 Å². The molecule has 0 aliphatic heterocycles. The second kappa shape index (κ2) is 14.4. The lowest BCUT2D eigenvalue weighted by molar-refractivity contribution is -0.226. The molecule has 11 atom stereocenters. The van der Waals surface area contributed by atoms with E-state index in [-0.39, 0.29) is 46.2 Å². The van der Waals surface area contributed by atoms with Crippen molar-refractivity contribution in [2.24, 2.45) is 62.1 Å². The van der Waals surface area contributed by atoms with Crippen LogP contribution in [0, 0.1) is 73.4 Å². The standard InChI is InChI=1S/C47H67N3O5/c1-30(2)34-14-21-46(28-49-26-33(52)27-51)23-22-44(6)36(39(34)46)10-11-38-43(5)17-15-35(42(3,4)37(43)16-18-45(38,44)7)31-12-19-47(20-13-31,41(53)54)29-55-40-32(25-48)9-8-24-50-40/h8-9,12,15,24,33-34,36-39,49,51-52H,1,10-11,13-14,16-23,26-29H2,2-7H3,(H,53,54)/t33-,34+,36-,37+,38-,39-,43+,44-,45-,46-,47+/m1/s1. The van der Waals surface area contributed by atoms with Crippen molar-refractivity contribution in [2.45, 2.75) is 125 Å². The molecule has 4 N–H and O–H groups in total. The molecule has 1 heterocycles. The Morgan fingerprint density at radius 1 is 1.04 bits per heavy atom. The number of ether oxygens (including phenoxy) is 1. The molecule has 0 aromatic carbocycles. The number of nitriles is 1. The van der Waals surface area contributed by atoms with Crippen molar-refractivity contribution in [3.63, 3.8) is 0 Å². The van der Waals surface area contributed by atoms with E-state index in [1.807, 2.05) is 0 Å². The predicted molar refractivity (Wildman–Crippen MR) is 215 cm³/mol. The fourth-order valence-electron chi connectivity index (χ4n) is 14.6. The van der Waals surface area contributed by atoms with Crippen LogP contribution in [-0.2, 0) is 4.79 Å². The SMILES string of the molecule is C=C(C)[C@@H]1CC[C@]2(CNC[C@@H](O)CO)CC[C@]3(C)[C@H](CC[C@@H]4[C@@]5(C)CC=C(C6=CC[C@](COc7ncccc7C#N)(C(=O)O)CC6)C(C)(C)[C@@H]5CC[C@]43C)[C@@H]12. The summed E-state index contributed by atoms with van der Waals surface area (Å²) in [5, 5.41) is 43.2. The van der Waals surface area contributed by atoms with E-state index in [1.165, 1.54) is 68.1 Å². The minimum absolute atomic E-state index is 0.0145. The molecule has 1 aromatic heterocycles. The molecule has 8 nitrogen and oxygen atoms in total. The lowest BCUT2D eigenvalue weighted by atomic mass is 9.32. The number of hydrogen-bond donors (Lipinski definition) is 4. The molecule has 0 radical (unpaired) electrons. The molecule has 4 saturated carbocycles. The van der Waals surface area contributed by atoms with E-state index in [1.54, 1.807) is 18.3 Å². The van der Waals surface area contributed by atoms with Crippen molar-refractivity contribution in [1.82, 2.24) is 10.3 Å². The summed E-state index contributed by atoms with van der Waals surface area (Å²) in [5.41, 5.74) is 4.17. The number of fused-ring (bicyclic) bond motifs is 7. The highest BCUT2D eigenvalue weighted by molar-refractivity contribution is 5.75. The Hall–Kier alpha value is -2.99. The van der Waals surface area contributed by atoms with Gasteiger partial charge in [0, 0.05) is 19.3 Å². The van der Waals surface area contributed by atoms with Gasteiger partial charge >= 0.3 is 5.97 Å². The minimum Gasteiger partial charge on any atom is -0.481 e. The van der Waals surface area contributed by atoms with Gasteiger partial charge in [-0.15, -0.1) is 0 Å². The predicted octanol–water partition coefficient (Wildman–Crippen LogP) is 8.65. The first-order chi connectivity index (χ1) is 26.0. The number of aromatic nitrogens is 1. The quantitative estimate of drug-likeness (QED) is 0.165. The number of carbonyl (C=O) groups is 1. The number of carboxylic acids is 1. The van der Waals surface area contributed by atoms with Gasteiger partial charge in [0.15, 0.2) is 0 Å². The number of allylic oxidation sites excluding steroid dienone is 5. The third-order valence-corrected chi connectivity index (χ3v) is 17.7. The molecule has 55 heavy (non-hydrogen) atoms. The Bertz CT molecular complexity index is 1780. The molecular formula is C47H67N3O5. The maximum atomic E-state index is 12.8. The molecule has 0 spiro atoms. The highest BCUT2D eigenvalue weighted by Gasteiger charge is 2.70. The van der Waals surface area contributed by atoms with E-state index >= 15 is 0 Å². The topological polar surface area (TPSA) is 136 Å². The molecule has 300 valence electrons. The molecular weight excluding hydrogens is 687 g/mol. The maximum absolute atomic E-state index is 12.8. The van der Waals surface area contributed by atoms with E-state index in [4.69, 9.17) is 4.74 Å². The summed E-state index contributed by atoms with van der Waals surface area (Å²) in [5.74, 6) is 2.30. The first-order valence-electron chi connectivity index (χ1n) is 21.3. The number of rotatable bonds is 11. The summed E-state index contributed by atoms with van der Waals surface area (Å²) in [6.45, 7) is 20.9. The second-order valence-corrected chi connectivity index (χ2v) is 20.3. The molecule has 4 fully saturated rings. The molecule has 0 amide bonds. The van der Waals surface area contributed by atoms with Gasteiger partial charge in [-0.1, -0.05) is 58.9 Å². The van der Waals surface area contributed by atoms with Gasteiger partial charge in [0.1, 0.15) is 23.7 Å². The van der Waals surface area contributed by atoms with E-state index in [0.717, 1.165) is 13.0 Å². The van der Waals surface area contributed by atoms with Gasteiger partial charge in [-0.3, -0.25) is 4.79 Å². The number of pyridine rings is 1. The Kier molecular flexibility index (Phi) is 10.6. The zero-order valence-electron chi connectivity index (χ0n) is 34.4. The third kappa shape index (κ3) is 6.25. The third-order valence-electron chi connectivity index (χ3n) is 17.7. The van der Waals surface area contributed by atoms with Crippen LogP contribution in [-0.4, -0.2) is 58.7 Å². The molecule has 6 aliphatic carbocycles. The second-order valence-electron chi connectivity index (χ2n) is 20.3. The molecule has 7 rings (SSSR count). The van der Waals surface area contributed by atoms with Crippen molar-refractivity contribution in [2.75, 3.05) is 26.3 Å². The Labute approximate surface area is 329 Å². The van der Waals surface area contributed by atoms with Crippen LogP contribution >= 0.6 is 0 Å². The van der Waals surface area contributed by atoms with Crippen LogP contribution in [0.3, 0.4) is 0 Å². The van der Waals surface area contributed by atoms with Gasteiger partial charge in [-0.2, -0.15) is 5.26 Å². The van der Waals surface area contributed by atoms with Gasteiger partial charge in [-0.05, 0) is 164 Å². The van der Waals surface area contributed by atoms with Gasteiger partial charge < -0.3 is 25.4 Å².